The van der Waals surface area contributed by atoms with Gasteiger partial charge in [-0.25, -0.2) is 4.79 Å². The zero-order valence-electron chi connectivity index (χ0n) is 9.58. The Morgan fingerprint density at radius 2 is 1.72 bits per heavy atom. The number of para-hydroxylation sites is 1. The Kier molecular flexibility index (Phi) is 3.71. The second-order valence-corrected chi connectivity index (χ2v) is 3.63. The molecule has 0 saturated carbocycles. The lowest BCUT2D eigenvalue weighted by atomic mass is 10.1. The first kappa shape index (κ1) is 11.9. The van der Waals surface area contributed by atoms with Gasteiger partial charge >= 0.3 is 5.97 Å². The van der Waals surface area contributed by atoms with Crippen LogP contribution in [0.5, 0.6) is 0 Å². The number of anilines is 1. The third-order valence-corrected chi connectivity index (χ3v) is 2.36. The van der Waals surface area contributed by atoms with Gasteiger partial charge in [0, 0.05) is 5.56 Å². The Hall–Kier alpha value is -2.62. The molecule has 18 heavy (non-hydrogen) atoms. The number of aromatic carboxylic acids is 1. The molecule has 0 aliphatic carbocycles. The van der Waals surface area contributed by atoms with Crippen LogP contribution in [0.1, 0.15) is 15.9 Å². The smallest absolute Gasteiger partial charge is 0.336 e. The molecule has 2 aromatic rings. The van der Waals surface area contributed by atoms with Gasteiger partial charge in [-0.15, -0.1) is 0 Å². The average Bonchev–Trinajstić information content (AvgIpc) is 2.40. The molecule has 0 aromatic heterocycles. The lowest BCUT2D eigenvalue weighted by Crippen LogP contribution is -2.02. The summed E-state index contributed by atoms with van der Waals surface area (Å²) in [7, 11) is 0. The van der Waals surface area contributed by atoms with Gasteiger partial charge in [-0.1, -0.05) is 36.4 Å². The summed E-state index contributed by atoms with van der Waals surface area (Å²) in [5.41, 5.74) is 4.48. The minimum absolute atomic E-state index is 0.233. The second-order valence-electron chi connectivity index (χ2n) is 3.63. The zero-order chi connectivity index (χ0) is 12.8. The first-order valence-electron chi connectivity index (χ1n) is 5.44. The summed E-state index contributed by atoms with van der Waals surface area (Å²) in [4.78, 5) is 11.0. The van der Waals surface area contributed by atoms with Crippen LogP contribution in [-0.2, 0) is 0 Å². The molecule has 4 nitrogen and oxygen atoms in total. The Balaban J connectivity index is 2.12. The van der Waals surface area contributed by atoms with E-state index in [0.29, 0.717) is 5.56 Å². The number of nitrogens with zero attached hydrogens (tertiary/aromatic N) is 1. The largest absolute Gasteiger partial charge is 0.478 e. The van der Waals surface area contributed by atoms with Crippen LogP contribution in [0.15, 0.2) is 59.7 Å². The highest BCUT2D eigenvalue weighted by Crippen LogP contribution is 2.07. The number of rotatable bonds is 4. The molecule has 90 valence electrons. The average molecular weight is 240 g/mol. The maximum Gasteiger partial charge on any atom is 0.336 e. The van der Waals surface area contributed by atoms with E-state index in [-0.39, 0.29) is 5.56 Å². The highest BCUT2D eigenvalue weighted by Gasteiger charge is 2.06. The highest BCUT2D eigenvalue weighted by molar-refractivity contribution is 5.98. The lowest BCUT2D eigenvalue weighted by Gasteiger charge is -2.01. The van der Waals surface area contributed by atoms with E-state index in [0.717, 1.165) is 5.69 Å². The van der Waals surface area contributed by atoms with E-state index < -0.39 is 5.97 Å². The van der Waals surface area contributed by atoms with Crippen molar-refractivity contribution in [2.24, 2.45) is 5.10 Å². The Labute approximate surface area is 105 Å². The van der Waals surface area contributed by atoms with Crippen LogP contribution < -0.4 is 5.43 Å². The van der Waals surface area contributed by atoms with Crippen LogP contribution in [0.2, 0.25) is 0 Å². The predicted octanol–water partition coefficient (Wildman–Crippen LogP) is 2.83. The van der Waals surface area contributed by atoms with Crippen LogP contribution >= 0.6 is 0 Å². The summed E-state index contributed by atoms with van der Waals surface area (Å²) in [6.45, 7) is 0. The van der Waals surface area contributed by atoms with E-state index in [1.807, 2.05) is 30.3 Å². The Morgan fingerprint density at radius 1 is 1.06 bits per heavy atom. The molecule has 0 atom stereocenters. The molecule has 2 rings (SSSR count). The van der Waals surface area contributed by atoms with Gasteiger partial charge in [-0.2, -0.15) is 5.10 Å². The van der Waals surface area contributed by atoms with E-state index >= 15 is 0 Å². The van der Waals surface area contributed by atoms with Crippen LogP contribution in [0, 0.1) is 0 Å². The Morgan fingerprint density at radius 3 is 2.44 bits per heavy atom. The Bertz CT molecular complexity index is 565. The first-order chi connectivity index (χ1) is 8.77. The van der Waals surface area contributed by atoms with Crippen molar-refractivity contribution in [3.8, 4) is 0 Å². The monoisotopic (exact) mass is 240 g/mol. The molecular formula is C14H12N2O2. The van der Waals surface area contributed by atoms with Crippen molar-refractivity contribution in [3.05, 3.63) is 65.7 Å². The molecule has 0 spiro atoms. The quantitative estimate of drug-likeness (QED) is 0.638. The number of carboxylic acid groups (broad SMARTS) is 1. The molecule has 2 aromatic carbocycles. The summed E-state index contributed by atoms with van der Waals surface area (Å²) in [5, 5.41) is 13.0. The summed E-state index contributed by atoms with van der Waals surface area (Å²) in [6.07, 6.45) is 1.50. The predicted molar refractivity (Wildman–Crippen MR) is 71.1 cm³/mol. The van der Waals surface area contributed by atoms with Gasteiger partial charge in [-0.05, 0) is 18.2 Å². The van der Waals surface area contributed by atoms with Crippen molar-refractivity contribution in [1.82, 2.24) is 0 Å². The van der Waals surface area contributed by atoms with Crippen LogP contribution in [0.3, 0.4) is 0 Å². The fraction of sp³-hybridized carbons (Fsp3) is 0. The maximum atomic E-state index is 11.0. The third kappa shape index (κ3) is 2.95. The number of benzene rings is 2. The van der Waals surface area contributed by atoms with Crippen LogP contribution in [-0.4, -0.2) is 17.3 Å². The molecule has 2 N–H and O–H groups in total. The standard InChI is InChI=1S/C14H12N2O2/c17-14(18)13-9-5-4-6-11(13)10-15-16-12-7-2-1-3-8-12/h1-10,16H,(H,17,18)/b15-10-. The van der Waals surface area contributed by atoms with Crippen molar-refractivity contribution >= 4 is 17.9 Å². The van der Waals surface area contributed by atoms with Crippen molar-refractivity contribution < 1.29 is 9.90 Å². The van der Waals surface area contributed by atoms with E-state index in [2.05, 4.69) is 10.5 Å². The molecular weight excluding hydrogens is 228 g/mol. The number of nitrogens with one attached hydrogen (secondary N) is 1. The summed E-state index contributed by atoms with van der Waals surface area (Å²) in [5.74, 6) is -0.961. The number of hydrogen-bond donors (Lipinski definition) is 2. The fourth-order valence-electron chi connectivity index (χ4n) is 1.49. The van der Waals surface area contributed by atoms with Gasteiger partial charge in [0.15, 0.2) is 0 Å². The van der Waals surface area contributed by atoms with Crippen molar-refractivity contribution in [2.45, 2.75) is 0 Å². The van der Waals surface area contributed by atoms with Gasteiger partial charge in [0.1, 0.15) is 0 Å². The van der Waals surface area contributed by atoms with Crippen molar-refractivity contribution in [2.75, 3.05) is 5.43 Å². The molecule has 0 amide bonds. The van der Waals surface area contributed by atoms with E-state index in [9.17, 15) is 4.79 Å². The molecule has 0 saturated heterocycles. The summed E-state index contributed by atoms with van der Waals surface area (Å²) >= 11 is 0. The van der Waals surface area contributed by atoms with Gasteiger partial charge in [0.25, 0.3) is 0 Å². The summed E-state index contributed by atoms with van der Waals surface area (Å²) in [6, 6.07) is 16.2. The number of carboxylic acids is 1. The van der Waals surface area contributed by atoms with Crippen LogP contribution in [0.25, 0.3) is 0 Å². The minimum Gasteiger partial charge on any atom is -0.478 e. The fourth-order valence-corrected chi connectivity index (χ4v) is 1.49. The number of hydrazone groups is 1. The van der Waals surface area contributed by atoms with Gasteiger partial charge in [0.05, 0.1) is 17.5 Å². The zero-order valence-corrected chi connectivity index (χ0v) is 9.58. The van der Waals surface area contributed by atoms with E-state index in [1.54, 1.807) is 24.3 Å². The molecule has 0 fully saturated rings. The maximum absolute atomic E-state index is 11.0. The van der Waals surface area contributed by atoms with Crippen molar-refractivity contribution in [1.29, 1.82) is 0 Å². The molecule has 0 radical (unpaired) electrons. The van der Waals surface area contributed by atoms with E-state index in [4.69, 9.17) is 5.11 Å². The normalized spacial score (nSPS) is 10.4. The van der Waals surface area contributed by atoms with Crippen LogP contribution in [0.4, 0.5) is 5.69 Å². The van der Waals surface area contributed by atoms with E-state index in [1.165, 1.54) is 6.21 Å². The second kappa shape index (κ2) is 5.63. The molecule has 4 heteroatoms. The number of carbonyl (C=O) groups is 1. The van der Waals surface area contributed by atoms with Crippen molar-refractivity contribution in [3.63, 3.8) is 0 Å². The first-order valence-corrected chi connectivity index (χ1v) is 5.44. The lowest BCUT2D eigenvalue weighted by molar-refractivity contribution is 0.0697. The van der Waals surface area contributed by atoms with Gasteiger partial charge in [-0.3, -0.25) is 5.43 Å². The minimum atomic E-state index is -0.961. The SMILES string of the molecule is O=C(O)c1ccccc1/C=N\Nc1ccccc1. The molecule has 0 bridgehead atoms. The molecule has 0 aliphatic heterocycles. The topological polar surface area (TPSA) is 61.7 Å². The summed E-state index contributed by atoms with van der Waals surface area (Å²) < 4.78 is 0. The molecule has 0 unspecified atom stereocenters. The third-order valence-electron chi connectivity index (χ3n) is 2.36. The van der Waals surface area contributed by atoms with Gasteiger partial charge in [0.2, 0.25) is 0 Å². The number of hydrogen-bond acceptors (Lipinski definition) is 3. The highest BCUT2D eigenvalue weighted by atomic mass is 16.4. The molecule has 0 heterocycles. The van der Waals surface area contributed by atoms with Gasteiger partial charge < -0.3 is 5.11 Å². The molecule has 0 aliphatic rings.